The number of carbonyl (C=O) groups excluding carboxylic acids is 1. The molecule has 1 amide bonds. The minimum Gasteiger partial charge on any atom is -0.392 e. The van der Waals surface area contributed by atoms with Crippen LogP contribution in [0.3, 0.4) is 0 Å². The molecule has 96 valence electrons. The van der Waals surface area contributed by atoms with Crippen LogP contribution in [0.5, 0.6) is 0 Å². The van der Waals surface area contributed by atoms with Gasteiger partial charge in [0.1, 0.15) is 0 Å². The highest BCUT2D eigenvalue weighted by molar-refractivity contribution is 5.75. The van der Waals surface area contributed by atoms with Gasteiger partial charge in [-0.1, -0.05) is 24.3 Å². The Kier molecular flexibility index (Phi) is 6.60. The number of unbranched alkanes of at least 4 members (excludes halogenated alkanes) is 2. The molecular formula is C15H19NO2. The second kappa shape index (κ2) is 8.32. The van der Waals surface area contributed by atoms with E-state index in [1.807, 2.05) is 24.3 Å². The first kappa shape index (κ1) is 14.3. The highest BCUT2D eigenvalue weighted by Gasteiger charge is 2.01. The number of aliphatic hydroxyl groups is 1. The summed E-state index contributed by atoms with van der Waals surface area (Å²) in [6.07, 6.45) is 8.12. The maximum atomic E-state index is 11.5. The predicted molar refractivity (Wildman–Crippen MR) is 71.5 cm³/mol. The average molecular weight is 245 g/mol. The van der Waals surface area contributed by atoms with Gasteiger partial charge in [0.2, 0.25) is 5.91 Å². The summed E-state index contributed by atoms with van der Waals surface area (Å²) in [4.78, 5) is 11.5. The zero-order valence-electron chi connectivity index (χ0n) is 10.5. The highest BCUT2D eigenvalue weighted by atomic mass is 16.3. The molecule has 2 N–H and O–H groups in total. The summed E-state index contributed by atoms with van der Waals surface area (Å²) in [5.41, 5.74) is 1.91. The molecule has 0 atom stereocenters. The van der Waals surface area contributed by atoms with Crippen LogP contribution in [-0.2, 0) is 17.9 Å². The Morgan fingerprint density at radius 2 is 1.89 bits per heavy atom. The maximum absolute atomic E-state index is 11.5. The lowest BCUT2D eigenvalue weighted by molar-refractivity contribution is -0.121. The lowest BCUT2D eigenvalue weighted by Crippen LogP contribution is -2.22. The van der Waals surface area contributed by atoms with Crippen LogP contribution >= 0.6 is 0 Å². The fraction of sp³-hybridized carbons (Fsp3) is 0.400. The number of carbonyl (C=O) groups is 1. The molecular weight excluding hydrogens is 226 g/mol. The maximum Gasteiger partial charge on any atom is 0.220 e. The smallest absolute Gasteiger partial charge is 0.220 e. The van der Waals surface area contributed by atoms with Crippen LogP contribution in [0.15, 0.2) is 24.3 Å². The van der Waals surface area contributed by atoms with Crippen LogP contribution in [-0.4, -0.2) is 11.0 Å². The lowest BCUT2D eigenvalue weighted by Gasteiger charge is -2.05. The van der Waals surface area contributed by atoms with Crippen molar-refractivity contribution in [1.29, 1.82) is 0 Å². The first-order valence-corrected chi connectivity index (χ1v) is 6.15. The quantitative estimate of drug-likeness (QED) is 0.570. The summed E-state index contributed by atoms with van der Waals surface area (Å²) in [6, 6.07) is 7.52. The monoisotopic (exact) mass is 245 g/mol. The molecule has 0 radical (unpaired) electrons. The zero-order valence-corrected chi connectivity index (χ0v) is 10.5. The zero-order chi connectivity index (χ0) is 13.2. The molecule has 3 heteroatoms. The Balaban J connectivity index is 2.23. The van der Waals surface area contributed by atoms with Crippen LogP contribution in [0, 0.1) is 12.3 Å². The van der Waals surface area contributed by atoms with Gasteiger partial charge in [-0.15, -0.1) is 12.3 Å². The Morgan fingerprint density at radius 3 is 2.50 bits per heavy atom. The minimum atomic E-state index is 0.0435. The number of terminal acetylenes is 1. The van der Waals surface area contributed by atoms with Crippen molar-refractivity contribution in [2.24, 2.45) is 0 Å². The molecule has 0 aromatic heterocycles. The molecule has 18 heavy (non-hydrogen) atoms. The molecule has 0 fully saturated rings. The molecule has 0 aliphatic rings. The summed E-state index contributed by atoms with van der Waals surface area (Å²) in [5, 5.41) is 11.8. The Morgan fingerprint density at radius 1 is 1.22 bits per heavy atom. The minimum absolute atomic E-state index is 0.0435. The van der Waals surface area contributed by atoms with E-state index >= 15 is 0 Å². The first-order chi connectivity index (χ1) is 8.76. The lowest BCUT2D eigenvalue weighted by atomic mass is 10.1. The second-order valence-electron chi connectivity index (χ2n) is 4.16. The van der Waals surface area contributed by atoms with E-state index in [0.29, 0.717) is 13.0 Å². The van der Waals surface area contributed by atoms with Crippen LogP contribution < -0.4 is 5.32 Å². The molecule has 0 aliphatic carbocycles. The third kappa shape index (κ3) is 5.51. The molecule has 0 bridgehead atoms. The van der Waals surface area contributed by atoms with Gasteiger partial charge in [0.05, 0.1) is 6.61 Å². The summed E-state index contributed by atoms with van der Waals surface area (Å²) >= 11 is 0. The van der Waals surface area contributed by atoms with Crippen molar-refractivity contribution < 1.29 is 9.90 Å². The fourth-order valence-corrected chi connectivity index (χ4v) is 1.56. The van der Waals surface area contributed by atoms with Crippen molar-refractivity contribution in [1.82, 2.24) is 5.32 Å². The van der Waals surface area contributed by atoms with Gasteiger partial charge in [-0.05, 0) is 24.0 Å². The SMILES string of the molecule is C#CCCCCC(=O)NCc1ccc(CO)cc1. The van der Waals surface area contributed by atoms with Crippen molar-refractivity contribution in [3.05, 3.63) is 35.4 Å². The normalized spacial score (nSPS) is 9.78. The van der Waals surface area contributed by atoms with Crippen LogP contribution in [0.4, 0.5) is 0 Å². The Hall–Kier alpha value is -1.79. The largest absolute Gasteiger partial charge is 0.392 e. The van der Waals surface area contributed by atoms with Gasteiger partial charge < -0.3 is 10.4 Å². The van der Waals surface area contributed by atoms with Crippen molar-refractivity contribution in [2.45, 2.75) is 38.8 Å². The molecule has 0 unspecified atom stereocenters. The van der Waals surface area contributed by atoms with E-state index in [0.717, 1.165) is 30.4 Å². The van der Waals surface area contributed by atoms with Gasteiger partial charge >= 0.3 is 0 Å². The summed E-state index contributed by atoms with van der Waals surface area (Å²) < 4.78 is 0. The Labute approximate surface area is 108 Å². The van der Waals surface area contributed by atoms with Crippen LogP contribution in [0.1, 0.15) is 36.8 Å². The number of rotatable bonds is 7. The average Bonchev–Trinajstić information content (AvgIpc) is 2.42. The van der Waals surface area contributed by atoms with E-state index in [9.17, 15) is 4.79 Å². The van der Waals surface area contributed by atoms with E-state index in [2.05, 4.69) is 11.2 Å². The van der Waals surface area contributed by atoms with Gasteiger partial charge in [-0.25, -0.2) is 0 Å². The fourth-order valence-electron chi connectivity index (χ4n) is 1.56. The first-order valence-electron chi connectivity index (χ1n) is 6.15. The predicted octanol–water partition coefficient (Wildman–Crippen LogP) is 1.99. The van der Waals surface area contributed by atoms with E-state index in [1.54, 1.807) is 0 Å². The Bertz CT molecular complexity index is 403. The van der Waals surface area contributed by atoms with Crippen LogP contribution in [0.2, 0.25) is 0 Å². The second-order valence-corrected chi connectivity index (χ2v) is 4.16. The van der Waals surface area contributed by atoms with Crippen molar-refractivity contribution in [2.75, 3.05) is 0 Å². The number of nitrogens with one attached hydrogen (secondary N) is 1. The molecule has 1 aromatic carbocycles. The molecule has 0 heterocycles. The topological polar surface area (TPSA) is 49.3 Å². The molecule has 0 saturated heterocycles. The third-order valence-corrected chi connectivity index (χ3v) is 2.67. The molecule has 0 saturated carbocycles. The van der Waals surface area contributed by atoms with Gasteiger partial charge in [0.25, 0.3) is 0 Å². The number of aliphatic hydroxyl groups excluding tert-OH is 1. The molecule has 0 spiro atoms. The highest BCUT2D eigenvalue weighted by Crippen LogP contribution is 2.04. The standard InChI is InChI=1S/C15H19NO2/c1-2-3-4-5-6-15(18)16-11-13-7-9-14(12-17)10-8-13/h1,7-10,17H,3-6,11-12H2,(H,16,18). The molecule has 1 aromatic rings. The van der Waals surface area contributed by atoms with E-state index in [4.69, 9.17) is 11.5 Å². The molecule has 1 rings (SSSR count). The van der Waals surface area contributed by atoms with Gasteiger partial charge in [0, 0.05) is 19.4 Å². The van der Waals surface area contributed by atoms with E-state index in [-0.39, 0.29) is 12.5 Å². The van der Waals surface area contributed by atoms with Crippen molar-refractivity contribution >= 4 is 5.91 Å². The van der Waals surface area contributed by atoms with Gasteiger partial charge in [-0.3, -0.25) is 4.79 Å². The van der Waals surface area contributed by atoms with Gasteiger partial charge in [0.15, 0.2) is 0 Å². The number of hydrogen-bond acceptors (Lipinski definition) is 2. The number of hydrogen-bond donors (Lipinski definition) is 2. The van der Waals surface area contributed by atoms with Crippen molar-refractivity contribution in [3.8, 4) is 12.3 Å². The molecule has 3 nitrogen and oxygen atoms in total. The van der Waals surface area contributed by atoms with Crippen molar-refractivity contribution in [3.63, 3.8) is 0 Å². The number of benzene rings is 1. The third-order valence-electron chi connectivity index (χ3n) is 2.67. The summed E-state index contributed by atoms with van der Waals surface area (Å²) in [5.74, 6) is 2.61. The van der Waals surface area contributed by atoms with E-state index in [1.165, 1.54) is 0 Å². The molecule has 0 aliphatic heterocycles. The summed E-state index contributed by atoms with van der Waals surface area (Å²) in [7, 11) is 0. The van der Waals surface area contributed by atoms with Gasteiger partial charge in [-0.2, -0.15) is 0 Å². The van der Waals surface area contributed by atoms with E-state index < -0.39 is 0 Å². The number of amides is 1. The van der Waals surface area contributed by atoms with Crippen LogP contribution in [0.25, 0.3) is 0 Å². The summed E-state index contributed by atoms with van der Waals surface area (Å²) in [6.45, 7) is 0.571.